The maximum Gasteiger partial charge on any atom is 0.433 e. The molecule has 0 aliphatic carbocycles. The van der Waals surface area contributed by atoms with Gasteiger partial charge < -0.3 is 19.0 Å². The summed E-state index contributed by atoms with van der Waals surface area (Å²) in [5, 5.41) is 11.6. The molecule has 0 saturated carbocycles. The lowest BCUT2D eigenvalue weighted by molar-refractivity contribution is -0.402. The largest absolute Gasteiger partial charge is 0.494 e. The second kappa shape index (κ2) is 7.47. The zero-order valence-electron chi connectivity index (χ0n) is 15.2. The topological polar surface area (TPSA) is 102 Å². The summed E-state index contributed by atoms with van der Waals surface area (Å²) >= 11 is 1.59. The van der Waals surface area contributed by atoms with E-state index in [4.69, 9.17) is 9.15 Å². The molecule has 1 aliphatic heterocycles. The first-order chi connectivity index (χ1) is 13.5. The minimum absolute atomic E-state index is 0.0106. The quantitative estimate of drug-likeness (QED) is 0.477. The first-order valence-corrected chi connectivity index (χ1v) is 9.68. The van der Waals surface area contributed by atoms with Crippen LogP contribution in [0.25, 0.3) is 10.2 Å². The number of anilines is 1. The number of amides is 1. The Morgan fingerprint density at radius 2 is 2.07 bits per heavy atom. The third-order valence-corrected chi connectivity index (χ3v) is 5.56. The Hall–Kier alpha value is -3.14. The number of rotatable bonds is 5. The molecule has 28 heavy (non-hydrogen) atoms. The number of hydrogen-bond acceptors (Lipinski definition) is 8. The number of hydrogen-bond donors (Lipinski definition) is 0. The molecule has 0 spiro atoms. The highest BCUT2D eigenvalue weighted by molar-refractivity contribution is 7.22. The number of furan rings is 1. The monoisotopic (exact) mass is 402 g/mol. The molecule has 0 bridgehead atoms. The van der Waals surface area contributed by atoms with E-state index in [1.165, 1.54) is 12.1 Å². The van der Waals surface area contributed by atoms with Crippen LogP contribution in [-0.4, -0.2) is 53.5 Å². The predicted octanol–water partition coefficient (Wildman–Crippen LogP) is 3.16. The molecule has 0 radical (unpaired) electrons. The number of ether oxygens (including phenoxy) is 1. The van der Waals surface area contributed by atoms with Gasteiger partial charge in [0.25, 0.3) is 5.91 Å². The van der Waals surface area contributed by atoms with E-state index in [0.29, 0.717) is 32.8 Å². The fraction of sp³-hybridized carbons (Fsp3) is 0.333. The Bertz CT molecular complexity index is 1020. The lowest BCUT2D eigenvalue weighted by Crippen LogP contribution is -2.48. The van der Waals surface area contributed by atoms with Crippen molar-refractivity contribution in [2.24, 2.45) is 0 Å². The predicted molar refractivity (Wildman–Crippen MR) is 104 cm³/mol. The van der Waals surface area contributed by atoms with Crippen molar-refractivity contribution in [2.45, 2.75) is 6.92 Å². The average molecular weight is 402 g/mol. The molecule has 1 aliphatic rings. The molecule has 0 atom stereocenters. The fourth-order valence-corrected chi connectivity index (χ4v) is 4.13. The zero-order valence-corrected chi connectivity index (χ0v) is 16.0. The maximum atomic E-state index is 12.5. The van der Waals surface area contributed by atoms with E-state index in [1.54, 1.807) is 16.2 Å². The Kier molecular flexibility index (Phi) is 4.86. The van der Waals surface area contributed by atoms with Crippen molar-refractivity contribution in [3.63, 3.8) is 0 Å². The molecule has 146 valence electrons. The van der Waals surface area contributed by atoms with Crippen LogP contribution in [0, 0.1) is 10.1 Å². The summed E-state index contributed by atoms with van der Waals surface area (Å²) < 4.78 is 11.6. The number of nitrogens with zero attached hydrogens (tertiary/aromatic N) is 4. The van der Waals surface area contributed by atoms with Gasteiger partial charge in [0.2, 0.25) is 0 Å². The van der Waals surface area contributed by atoms with Crippen LogP contribution in [-0.2, 0) is 0 Å². The van der Waals surface area contributed by atoms with E-state index >= 15 is 0 Å². The molecule has 3 aromatic rings. The Morgan fingerprint density at radius 3 is 2.75 bits per heavy atom. The lowest BCUT2D eigenvalue weighted by Gasteiger charge is -2.34. The fourth-order valence-electron chi connectivity index (χ4n) is 3.08. The van der Waals surface area contributed by atoms with Crippen LogP contribution < -0.4 is 9.64 Å². The maximum absolute atomic E-state index is 12.5. The number of fused-ring (bicyclic) bond motifs is 1. The summed E-state index contributed by atoms with van der Waals surface area (Å²) in [5.74, 6) is 0.0537. The molecular formula is C18H18N4O5S. The minimum atomic E-state index is -0.654. The van der Waals surface area contributed by atoms with Crippen molar-refractivity contribution in [3.8, 4) is 5.75 Å². The molecule has 9 nitrogen and oxygen atoms in total. The molecule has 0 N–H and O–H groups in total. The van der Waals surface area contributed by atoms with Crippen molar-refractivity contribution < 1.29 is 18.9 Å². The van der Waals surface area contributed by atoms with Gasteiger partial charge in [-0.1, -0.05) is 11.3 Å². The van der Waals surface area contributed by atoms with Gasteiger partial charge in [0.05, 0.1) is 22.9 Å². The van der Waals surface area contributed by atoms with Crippen LogP contribution in [0.2, 0.25) is 0 Å². The number of aromatic nitrogens is 1. The summed E-state index contributed by atoms with van der Waals surface area (Å²) in [6, 6.07) is 8.39. The molecule has 1 amide bonds. The Morgan fingerprint density at radius 1 is 1.29 bits per heavy atom. The molecular weight excluding hydrogens is 384 g/mol. The Labute approximate surface area is 164 Å². The van der Waals surface area contributed by atoms with E-state index in [0.717, 1.165) is 21.1 Å². The zero-order chi connectivity index (χ0) is 19.7. The van der Waals surface area contributed by atoms with E-state index in [-0.39, 0.29) is 11.7 Å². The Balaban J connectivity index is 1.42. The molecule has 0 unspecified atom stereocenters. The average Bonchev–Trinajstić information content (AvgIpc) is 3.35. The summed E-state index contributed by atoms with van der Waals surface area (Å²) in [7, 11) is 0. The molecule has 1 saturated heterocycles. The summed E-state index contributed by atoms with van der Waals surface area (Å²) in [5.41, 5.74) is 0.921. The lowest BCUT2D eigenvalue weighted by atomic mass is 10.3. The normalized spacial score (nSPS) is 14.5. The van der Waals surface area contributed by atoms with Crippen molar-refractivity contribution in [1.29, 1.82) is 0 Å². The molecule has 4 rings (SSSR count). The molecule has 3 heterocycles. The van der Waals surface area contributed by atoms with Crippen molar-refractivity contribution >= 4 is 38.5 Å². The van der Waals surface area contributed by atoms with Gasteiger partial charge in [-0.15, -0.1) is 0 Å². The number of thiazole rings is 1. The third-order valence-electron chi connectivity index (χ3n) is 4.48. The molecule has 2 aromatic heterocycles. The highest BCUT2D eigenvalue weighted by Gasteiger charge is 2.27. The highest BCUT2D eigenvalue weighted by Crippen LogP contribution is 2.32. The molecule has 1 fully saturated rings. The van der Waals surface area contributed by atoms with Crippen LogP contribution in [0.5, 0.6) is 5.75 Å². The van der Waals surface area contributed by atoms with Crippen LogP contribution in [0.15, 0.2) is 34.7 Å². The number of piperazine rings is 1. The van der Waals surface area contributed by atoms with E-state index in [2.05, 4.69) is 9.88 Å². The highest BCUT2D eigenvalue weighted by atomic mass is 32.1. The van der Waals surface area contributed by atoms with Gasteiger partial charge in [0.15, 0.2) is 10.9 Å². The van der Waals surface area contributed by atoms with Crippen molar-refractivity contribution in [2.75, 3.05) is 37.7 Å². The van der Waals surface area contributed by atoms with Crippen LogP contribution in [0.4, 0.5) is 11.0 Å². The molecule has 10 heteroatoms. The van der Waals surface area contributed by atoms with Crippen LogP contribution in [0.1, 0.15) is 17.5 Å². The first-order valence-electron chi connectivity index (χ1n) is 8.87. The minimum Gasteiger partial charge on any atom is -0.494 e. The van der Waals surface area contributed by atoms with E-state index in [1.807, 2.05) is 25.1 Å². The van der Waals surface area contributed by atoms with Gasteiger partial charge in [-0.05, 0) is 31.2 Å². The molecule has 1 aromatic carbocycles. The summed E-state index contributed by atoms with van der Waals surface area (Å²) in [6.45, 7) is 4.82. The second-order valence-corrected chi connectivity index (χ2v) is 7.24. The number of benzene rings is 1. The van der Waals surface area contributed by atoms with Gasteiger partial charge in [-0.25, -0.2) is 4.98 Å². The summed E-state index contributed by atoms with van der Waals surface area (Å²) in [6.07, 6.45) is 0. The number of nitro groups is 1. The van der Waals surface area contributed by atoms with Gasteiger partial charge in [-0.3, -0.25) is 14.9 Å². The first kappa shape index (κ1) is 18.2. The van der Waals surface area contributed by atoms with Crippen LogP contribution >= 0.6 is 11.3 Å². The van der Waals surface area contributed by atoms with Gasteiger partial charge in [-0.2, -0.15) is 0 Å². The van der Waals surface area contributed by atoms with E-state index in [9.17, 15) is 14.9 Å². The second-order valence-electron chi connectivity index (χ2n) is 6.23. The van der Waals surface area contributed by atoms with E-state index < -0.39 is 10.8 Å². The third kappa shape index (κ3) is 3.50. The van der Waals surface area contributed by atoms with Crippen LogP contribution in [0.3, 0.4) is 0 Å². The SMILES string of the molecule is CCOc1ccc2nc(N3CCN(C(=O)c4ccc([N+](=O)[O-])o4)CC3)sc2c1. The van der Waals surface area contributed by atoms with Gasteiger partial charge in [0.1, 0.15) is 10.7 Å². The van der Waals surface area contributed by atoms with Gasteiger partial charge >= 0.3 is 5.88 Å². The van der Waals surface area contributed by atoms with Crippen molar-refractivity contribution in [1.82, 2.24) is 9.88 Å². The number of carbonyl (C=O) groups excluding carboxylic acids is 1. The smallest absolute Gasteiger partial charge is 0.433 e. The van der Waals surface area contributed by atoms with Gasteiger partial charge in [0, 0.05) is 26.2 Å². The standard InChI is InChI=1S/C18H18N4O5S/c1-2-26-12-3-4-13-15(11-12)28-18(19-13)21-9-7-20(8-10-21)17(23)14-5-6-16(27-14)22(24)25/h3-6,11H,2,7-10H2,1H3. The number of carbonyl (C=O) groups is 1. The summed E-state index contributed by atoms with van der Waals surface area (Å²) in [4.78, 5) is 31.0. The van der Waals surface area contributed by atoms with Crippen molar-refractivity contribution in [3.05, 3.63) is 46.2 Å².